The van der Waals surface area contributed by atoms with Crippen molar-refractivity contribution in [1.82, 2.24) is 10.2 Å². The lowest BCUT2D eigenvalue weighted by molar-refractivity contribution is -0.153. The fourth-order valence-electron chi connectivity index (χ4n) is 2.60. The van der Waals surface area contributed by atoms with Crippen LogP contribution in [0.4, 0.5) is 13.2 Å². The molecule has 0 bridgehead atoms. The molecule has 14 heavy (non-hydrogen) atoms. The summed E-state index contributed by atoms with van der Waals surface area (Å²) in [5.41, 5.74) is 0. The van der Waals surface area contributed by atoms with E-state index in [4.69, 9.17) is 0 Å². The Kier molecular flexibility index (Phi) is 2.70. The lowest BCUT2D eigenvalue weighted by Crippen LogP contribution is -2.57. The Morgan fingerprint density at radius 1 is 1.29 bits per heavy atom. The SMILES string of the molecule is FC(F)(F)CN1CCN[C@@H]2CCC[C@H]21. The number of nitrogens with zero attached hydrogens (tertiary/aromatic N) is 1. The third-order valence-corrected chi connectivity index (χ3v) is 3.14. The largest absolute Gasteiger partial charge is 0.401 e. The zero-order valence-corrected chi connectivity index (χ0v) is 7.98. The predicted octanol–water partition coefficient (Wildman–Crippen LogP) is 1.37. The minimum absolute atomic E-state index is 0.116. The van der Waals surface area contributed by atoms with Crippen molar-refractivity contribution in [3.05, 3.63) is 0 Å². The minimum atomic E-state index is -4.05. The number of fused-ring (bicyclic) bond motifs is 1. The standard InChI is InChI=1S/C9H15F3N2/c10-9(11,12)6-14-5-4-13-7-2-1-3-8(7)14/h7-8,13H,1-6H2/t7-,8-/m1/s1. The molecule has 2 rings (SSSR count). The van der Waals surface area contributed by atoms with Gasteiger partial charge in [0.25, 0.3) is 0 Å². The van der Waals surface area contributed by atoms with Gasteiger partial charge >= 0.3 is 6.18 Å². The van der Waals surface area contributed by atoms with Crippen LogP contribution in [0.3, 0.4) is 0 Å². The molecule has 0 aromatic carbocycles. The number of piperazine rings is 1. The van der Waals surface area contributed by atoms with Crippen LogP contribution in [0.5, 0.6) is 0 Å². The van der Waals surface area contributed by atoms with Crippen LogP contribution < -0.4 is 5.32 Å². The van der Waals surface area contributed by atoms with E-state index in [2.05, 4.69) is 5.32 Å². The van der Waals surface area contributed by atoms with Crippen molar-refractivity contribution < 1.29 is 13.2 Å². The van der Waals surface area contributed by atoms with Gasteiger partial charge < -0.3 is 5.32 Å². The van der Waals surface area contributed by atoms with Crippen LogP contribution in [-0.4, -0.2) is 42.8 Å². The zero-order chi connectivity index (χ0) is 10.2. The smallest absolute Gasteiger partial charge is 0.311 e. The van der Waals surface area contributed by atoms with Crippen LogP contribution in [0.2, 0.25) is 0 Å². The van der Waals surface area contributed by atoms with Gasteiger partial charge in [-0.1, -0.05) is 6.42 Å². The van der Waals surface area contributed by atoms with Crippen molar-refractivity contribution in [1.29, 1.82) is 0 Å². The van der Waals surface area contributed by atoms with E-state index in [1.807, 2.05) is 0 Å². The third kappa shape index (κ3) is 2.20. The molecule has 5 heteroatoms. The number of hydrogen-bond donors (Lipinski definition) is 1. The summed E-state index contributed by atoms with van der Waals surface area (Å²) in [6, 6.07) is 0.413. The molecule has 82 valence electrons. The van der Waals surface area contributed by atoms with Crippen LogP contribution in [-0.2, 0) is 0 Å². The first-order chi connectivity index (χ1) is 6.56. The van der Waals surface area contributed by atoms with Gasteiger partial charge in [-0.2, -0.15) is 13.2 Å². The van der Waals surface area contributed by atoms with E-state index in [0.717, 1.165) is 19.3 Å². The Bertz CT molecular complexity index is 205. The summed E-state index contributed by atoms with van der Waals surface area (Å²) in [4.78, 5) is 1.59. The summed E-state index contributed by atoms with van der Waals surface area (Å²) in [5, 5.41) is 3.29. The molecule has 0 unspecified atom stereocenters. The maximum atomic E-state index is 12.2. The molecule has 0 aromatic heterocycles. The van der Waals surface area contributed by atoms with Crippen molar-refractivity contribution in [2.24, 2.45) is 0 Å². The molecule has 0 aromatic rings. The fraction of sp³-hybridized carbons (Fsp3) is 1.00. The Hall–Kier alpha value is -0.290. The molecule has 1 N–H and O–H groups in total. The van der Waals surface area contributed by atoms with Crippen molar-refractivity contribution in [2.75, 3.05) is 19.6 Å². The lowest BCUT2D eigenvalue weighted by Gasteiger charge is -2.38. The van der Waals surface area contributed by atoms with Gasteiger partial charge in [0.1, 0.15) is 0 Å². The van der Waals surface area contributed by atoms with Gasteiger partial charge in [-0.05, 0) is 12.8 Å². The quantitative estimate of drug-likeness (QED) is 0.700. The first-order valence-corrected chi connectivity index (χ1v) is 5.10. The Balaban J connectivity index is 1.97. The van der Waals surface area contributed by atoms with Crippen LogP contribution >= 0.6 is 0 Å². The second-order valence-corrected chi connectivity index (χ2v) is 4.14. The van der Waals surface area contributed by atoms with Crippen molar-refractivity contribution in [2.45, 2.75) is 37.5 Å². The maximum absolute atomic E-state index is 12.2. The molecule has 2 nitrogen and oxygen atoms in total. The van der Waals surface area contributed by atoms with Gasteiger partial charge in [-0.3, -0.25) is 4.90 Å². The number of nitrogens with one attached hydrogen (secondary N) is 1. The molecule has 1 heterocycles. The summed E-state index contributed by atoms with van der Waals surface area (Å²) in [5.74, 6) is 0. The number of halogens is 3. The van der Waals surface area contributed by atoms with E-state index < -0.39 is 12.7 Å². The number of alkyl halides is 3. The highest BCUT2D eigenvalue weighted by molar-refractivity contribution is 4.94. The fourth-order valence-corrected chi connectivity index (χ4v) is 2.60. The van der Waals surface area contributed by atoms with Crippen molar-refractivity contribution >= 4 is 0 Å². The second-order valence-electron chi connectivity index (χ2n) is 4.14. The molecule has 1 aliphatic carbocycles. The molecule has 1 saturated heterocycles. The van der Waals surface area contributed by atoms with Gasteiger partial charge in [0, 0.05) is 25.2 Å². The molecule has 1 saturated carbocycles. The lowest BCUT2D eigenvalue weighted by atomic mass is 10.1. The van der Waals surface area contributed by atoms with Crippen LogP contribution in [0, 0.1) is 0 Å². The van der Waals surface area contributed by atoms with E-state index in [1.165, 1.54) is 0 Å². The van der Waals surface area contributed by atoms with E-state index >= 15 is 0 Å². The molecular weight excluding hydrogens is 193 g/mol. The molecule has 2 atom stereocenters. The normalized spacial score (nSPS) is 34.5. The van der Waals surface area contributed by atoms with Crippen LogP contribution in [0.1, 0.15) is 19.3 Å². The summed E-state index contributed by atoms with van der Waals surface area (Å²) in [6.07, 6.45) is -1.06. The van der Waals surface area contributed by atoms with Crippen molar-refractivity contribution in [3.63, 3.8) is 0 Å². The molecule has 2 fully saturated rings. The first-order valence-electron chi connectivity index (χ1n) is 5.10. The second kappa shape index (κ2) is 3.70. The highest BCUT2D eigenvalue weighted by atomic mass is 19.4. The minimum Gasteiger partial charge on any atom is -0.311 e. The Morgan fingerprint density at radius 2 is 2.07 bits per heavy atom. The zero-order valence-electron chi connectivity index (χ0n) is 7.98. The monoisotopic (exact) mass is 208 g/mol. The van der Waals surface area contributed by atoms with E-state index in [0.29, 0.717) is 19.1 Å². The average molecular weight is 208 g/mol. The summed E-state index contributed by atoms with van der Waals surface area (Å²) in [7, 11) is 0. The molecule has 0 radical (unpaired) electrons. The highest BCUT2D eigenvalue weighted by Crippen LogP contribution is 2.29. The van der Waals surface area contributed by atoms with Crippen molar-refractivity contribution in [3.8, 4) is 0 Å². The van der Waals surface area contributed by atoms with Crippen LogP contribution in [0.25, 0.3) is 0 Å². The topological polar surface area (TPSA) is 15.3 Å². The van der Waals surface area contributed by atoms with E-state index in [9.17, 15) is 13.2 Å². The first kappa shape index (κ1) is 10.2. The molecule has 2 aliphatic rings. The summed E-state index contributed by atoms with van der Waals surface area (Å²) < 4.78 is 36.7. The van der Waals surface area contributed by atoms with Gasteiger partial charge in [0.15, 0.2) is 0 Å². The highest BCUT2D eigenvalue weighted by Gasteiger charge is 2.40. The van der Waals surface area contributed by atoms with Gasteiger partial charge in [-0.15, -0.1) is 0 Å². The molecular formula is C9H15F3N2. The summed E-state index contributed by atoms with van der Waals surface area (Å²) >= 11 is 0. The van der Waals surface area contributed by atoms with Crippen LogP contribution in [0.15, 0.2) is 0 Å². The average Bonchev–Trinajstić information content (AvgIpc) is 2.49. The Morgan fingerprint density at radius 3 is 2.79 bits per heavy atom. The number of rotatable bonds is 1. The molecule has 0 spiro atoms. The van der Waals surface area contributed by atoms with E-state index in [1.54, 1.807) is 4.90 Å². The maximum Gasteiger partial charge on any atom is 0.401 e. The molecule has 0 amide bonds. The predicted molar refractivity (Wildman–Crippen MR) is 47.1 cm³/mol. The third-order valence-electron chi connectivity index (χ3n) is 3.14. The van der Waals surface area contributed by atoms with E-state index in [-0.39, 0.29) is 6.04 Å². The van der Waals surface area contributed by atoms with Gasteiger partial charge in [0.05, 0.1) is 6.54 Å². The number of hydrogen-bond acceptors (Lipinski definition) is 2. The summed E-state index contributed by atoms with van der Waals surface area (Å²) in [6.45, 7) is 0.480. The molecule has 1 aliphatic heterocycles. The van der Waals surface area contributed by atoms with Gasteiger partial charge in [-0.25, -0.2) is 0 Å². The Labute approximate surface area is 81.5 Å². The van der Waals surface area contributed by atoms with Gasteiger partial charge in [0.2, 0.25) is 0 Å².